The van der Waals surface area contributed by atoms with Crippen molar-refractivity contribution < 1.29 is 34.2 Å². The molecule has 4 rings (SSSR count). The molecule has 278 valence electrons. The molecule has 2 aliphatic rings. The fraction of sp³-hybridized carbons (Fsp3) is 0.514. The maximum Gasteiger partial charge on any atom is 0.246 e. The van der Waals surface area contributed by atoms with Crippen molar-refractivity contribution >= 4 is 29.5 Å². The van der Waals surface area contributed by atoms with Crippen LogP contribution in [0.1, 0.15) is 49.7 Å². The molecular weight excluding hydrogens is 658 g/mol. The third-order valence-corrected chi connectivity index (χ3v) is 9.25. The van der Waals surface area contributed by atoms with Gasteiger partial charge in [-0.15, -0.1) is 0 Å². The van der Waals surface area contributed by atoms with E-state index in [1.807, 2.05) is 0 Å². The lowest BCUT2D eigenvalue weighted by Gasteiger charge is -2.31. The summed E-state index contributed by atoms with van der Waals surface area (Å²) in [5.41, 5.74) is 25.2. The van der Waals surface area contributed by atoms with Crippen LogP contribution < -0.4 is 44.2 Å². The minimum atomic E-state index is -1.26. The van der Waals surface area contributed by atoms with Crippen molar-refractivity contribution in [1.82, 2.24) is 26.2 Å². The van der Waals surface area contributed by atoms with Crippen LogP contribution in [-0.2, 0) is 36.8 Å². The number of carbonyl (C=O) groups is 5. The smallest absolute Gasteiger partial charge is 0.246 e. The lowest BCUT2D eigenvalue weighted by molar-refractivity contribution is -0.142. The monoisotopic (exact) mass is 709 g/mol. The van der Waals surface area contributed by atoms with Crippen LogP contribution in [0.25, 0.3) is 11.1 Å². The summed E-state index contributed by atoms with van der Waals surface area (Å²) in [6, 6.07) is 4.37. The molecule has 1 fully saturated rings. The predicted octanol–water partition coefficient (Wildman–Crippen LogP) is -1.81. The Hall–Kier alpha value is -4.77. The molecule has 14 N–H and O–H groups in total. The van der Waals surface area contributed by atoms with Crippen molar-refractivity contribution in [3.8, 4) is 22.6 Å². The molecule has 4 bridgehead atoms. The molecule has 2 aromatic rings. The van der Waals surface area contributed by atoms with Gasteiger partial charge in [0.15, 0.2) is 0 Å². The van der Waals surface area contributed by atoms with E-state index in [-0.39, 0.29) is 63.4 Å². The highest BCUT2D eigenvalue weighted by atomic mass is 16.3. The van der Waals surface area contributed by atoms with Crippen molar-refractivity contribution in [3.63, 3.8) is 0 Å². The Labute approximate surface area is 297 Å². The number of phenolic OH excluding ortho intramolecular Hbond substituents is 2. The molecule has 0 unspecified atom stereocenters. The molecule has 16 nitrogen and oxygen atoms in total. The van der Waals surface area contributed by atoms with Gasteiger partial charge < -0.3 is 59.3 Å². The molecule has 0 spiro atoms. The number of amides is 5. The molecular formula is C35H51N9O7. The third kappa shape index (κ3) is 10.2. The fourth-order valence-electron chi connectivity index (χ4n) is 6.43. The van der Waals surface area contributed by atoms with E-state index in [0.29, 0.717) is 54.5 Å². The number of nitrogens with one attached hydrogen (secondary N) is 4. The molecule has 16 heteroatoms. The Bertz CT molecular complexity index is 1570. The van der Waals surface area contributed by atoms with Crippen LogP contribution in [0, 0.1) is 0 Å². The molecule has 2 heterocycles. The minimum absolute atomic E-state index is 0.0248. The number of fused-ring (bicyclic) bond motifs is 5. The number of benzene rings is 2. The summed E-state index contributed by atoms with van der Waals surface area (Å²) < 4.78 is 0. The molecule has 2 aliphatic heterocycles. The number of nitrogens with zero attached hydrogens (tertiary/aromatic N) is 1. The first-order chi connectivity index (χ1) is 24.5. The first-order valence-corrected chi connectivity index (χ1v) is 17.5. The van der Waals surface area contributed by atoms with E-state index in [1.165, 1.54) is 17.0 Å². The second kappa shape index (κ2) is 18.5. The van der Waals surface area contributed by atoms with Crippen molar-refractivity contribution in [1.29, 1.82) is 0 Å². The van der Waals surface area contributed by atoms with E-state index < -0.39 is 59.7 Å². The van der Waals surface area contributed by atoms with Crippen LogP contribution in [0.5, 0.6) is 11.5 Å². The number of hydrogen-bond donors (Lipinski definition) is 10. The first kappa shape index (κ1) is 39.0. The van der Waals surface area contributed by atoms with Gasteiger partial charge in [-0.1, -0.05) is 12.1 Å². The lowest BCUT2D eigenvalue weighted by atomic mass is 9.95. The zero-order valence-electron chi connectivity index (χ0n) is 28.7. The van der Waals surface area contributed by atoms with Gasteiger partial charge in [-0.25, -0.2) is 0 Å². The number of aromatic hydroxyl groups is 2. The summed E-state index contributed by atoms with van der Waals surface area (Å²) in [5.74, 6) is -2.99. The van der Waals surface area contributed by atoms with Gasteiger partial charge >= 0.3 is 0 Å². The summed E-state index contributed by atoms with van der Waals surface area (Å²) in [6.45, 7) is 1.20. The van der Waals surface area contributed by atoms with Crippen LogP contribution >= 0.6 is 0 Å². The van der Waals surface area contributed by atoms with Crippen LogP contribution in [0.15, 0.2) is 36.4 Å². The van der Waals surface area contributed by atoms with Gasteiger partial charge in [-0.05, 0) is 98.1 Å². The van der Waals surface area contributed by atoms with Gasteiger partial charge in [0.05, 0.1) is 6.04 Å². The van der Waals surface area contributed by atoms with Crippen molar-refractivity contribution in [3.05, 3.63) is 47.5 Å². The van der Waals surface area contributed by atoms with E-state index in [1.54, 1.807) is 24.3 Å². The lowest BCUT2D eigenvalue weighted by Crippen LogP contribution is -2.59. The number of hydrogen-bond acceptors (Lipinski definition) is 11. The van der Waals surface area contributed by atoms with Crippen LogP contribution in [-0.4, -0.2) is 108 Å². The van der Waals surface area contributed by atoms with E-state index in [9.17, 15) is 34.2 Å². The summed E-state index contributed by atoms with van der Waals surface area (Å²) in [4.78, 5) is 69.3. The zero-order valence-corrected chi connectivity index (χ0v) is 28.7. The molecule has 2 aromatic carbocycles. The predicted molar refractivity (Wildman–Crippen MR) is 190 cm³/mol. The highest BCUT2D eigenvalue weighted by Crippen LogP contribution is 2.31. The Balaban J connectivity index is 1.69. The van der Waals surface area contributed by atoms with E-state index in [4.69, 9.17) is 22.9 Å². The van der Waals surface area contributed by atoms with E-state index in [2.05, 4.69) is 21.3 Å². The minimum Gasteiger partial charge on any atom is -0.508 e. The molecule has 0 aromatic heterocycles. The summed E-state index contributed by atoms with van der Waals surface area (Å²) in [5, 5.41) is 32.4. The van der Waals surface area contributed by atoms with Crippen LogP contribution in [0.4, 0.5) is 0 Å². The number of likely N-dealkylation sites (tertiary alicyclic amines) is 1. The Morgan fingerprint density at radius 1 is 0.882 bits per heavy atom. The number of carbonyl (C=O) groups excluding carboxylic acids is 5. The Morgan fingerprint density at radius 2 is 1.53 bits per heavy atom. The maximum atomic E-state index is 14.4. The Morgan fingerprint density at radius 3 is 2.16 bits per heavy atom. The van der Waals surface area contributed by atoms with Crippen molar-refractivity contribution in [2.75, 3.05) is 32.7 Å². The standard InChI is InChI=1S/C35H51N9O7/c36-11-1-4-25(32(48)40-14-13-38)42-34(50)28-6-3-15-44(28)35(51)27-19-23-17-21(8-10-30(23)46)20-7-9-29(45)22(16-20)18-24(39)31(47)41-26(5-2-12-37)33(49)43-27/h7-10,16-17,24-28,45-46H,1-6,11-15,18-19,36-39H2,(H,40,48)(H,41,47)(H,42,50)(H,43,49)/t24-,25+,26-,27+,28+/m1/s1. The highest BCUT2D eigenvalue weighted by Gasteiger charge is 2.40. The molecule has 1 saturated heterocycles. The fourth-order valence-corrected chi connectivity index (χ4v) is 6.43. The van der Waals surface area contributed by atoms with Crippen LogP contribution in [0.2, 0.25) is 0 Å². The van der Waals surface area contributed by atoms with Crippen LogP contribution in [0.3, 0.4) is 0 Å². The summed E-state index contributed by atoms with van der Waals surface area (Å²) in [6.07, 6.45) is 1.92. The van der Waals surface area contributed by atoms with Gasteiger partial charge in [0.1, 0.15) is 35.7 Å². The average Bonchev–Trinajstić information content (AvgIpc) is 3.61. The van der Waals surface area contributed by atoms with E-state index >= 15 is 0 Å². The quantitative estimate of drug-likeness (QED) is 0.117. The normalized spacial score (nSPS) is 21.5. The van der Waals surface area contributed by atoms with Crippen molar-refractivity contribution in [2.24, 2.45) is 22.9 Å². The first-order valence-electron chi connectivity index (χ1n) is 17.5. The molecule has 0 saturated carbocycles. The average molecular weight is 710 g/mol. The number of nitrogens with two attached hydrogens (primary N) is 4. The molecule has 51 heavy (non-hydrogen) atoms. The SMILES string of the molecule is NCCC[C@H](NC(=O)[C@@H]1CCCN1C(=O)[C@@H]1Cc2cc(ccc2O)-c2ccc(O)c(c2)C[C@@H](N)C(=O)N[C@H](CCCN)C(=O)N1)C(=O)NCCN. The molecule has 0 radical (unpaired) electrons. The number of phenols is 2. The summed E-state index contributed by atoms with van der Waals surface area (Å²) >= 11 is 0. The Kier molecular flexibility index (Phi) is 14.1. The van der Waals surface area contributed by atoms with Gasteiger partial charge in [-0.2, -0.15) is 0 Å². The second-order valence-electron chi connectivity index (χ2n) is 13.0. The van der Waals surface area contributed by atoms with Gasteiger partial charge in [0.25, 0.3) is 0 Å². The van der Waals surface area contributed by atoms with Gasteiger partial charge in [0, 0.05) is 32.5 Å². The zero-order chi connectivity index (χ0) is 37.1. The number of rotatable bonds is 12. The molecule has 0 aliphatic carbocycles. The molecule has 5 amide bonds. The summed E-state index contributed by atoms with van der Waals surface area (Å²) in [7, 11) is 0. The largest absolute Gasteiger partial charge is 0.508 e. The molecule has 5 atom stereocenters. The van der Waals surface area contributed by atoms with E-state index in [0.717, 1.165) is 0 Å². The highest BCUT2D eigenvalue weighted by molar-refractivity contribution is 5.96. The van der Waals surface area contributed by atoms with Gasteiger partial charge in [0.2, 0.25) is 29.5 Å². The third-order valence-electron chi connectivity index (χ3n) is 9.25. The van der Waals surface area contributed by atoms with Gasteiger partial charge in [-0.3, -0.25) is 24.0 Å². The topological polar surface area (TPSA) is 281 Å². The second-order valence-corrected chi connectivity index (χ2v) is 13.0. The maximum absolute atomic E-state index is 14.4. The van der Waals surface area contributed by atoms with Crippen molar-refractivity contribution in [2.45, 2.75) is 81.6 Å².